The van der Waals surface area contributed by atoms with Gasteiger partial charge in [-0.05, 0) is 35.8 Å². The van der Waals surface area contributed by atoms with E-state index in [-0.39, 0.29) is 5.56 Å². The number of hydrogen-bond donors (Lipinski definition) is 2. The van der Waals surface area contributed by atoms with Crippen LogP contribution < -0.4 is 0 Å². The van der Waals surface area contributed by atoms with Crippen molar-refractivity contribution in [2.24, 2.45) is 0 Å². The van der Waals surface area contributed by atoms with E-state index in [1.807, 2.05) is 34.9 Å². The molecule has 0 bridgehead atoms. The molecular weight excluding hydrogens is 416 g/mol. The molecule has 0 aliphatic rings. The second-order valence-corrected chi connectivity index (χ2v) is 8.14. The molecule has 6 heteroatoms. The van der Waals surface area contributed by atoms with Crippen molar-refractivity contribution >= 4 is 18.0 Å². The SMILES string of the molecule is CCCCCCc1ncc(/C=C(\Cc2ccccc2)C(=O)O)n1Cc1ccc(C(=O)O)cc1. The zero-order valence-electron chi connectivity index (χ0n) is 18.9. The molecule has 6 nitrogen and oxygen atoms in total. The number of aromatic nitrogens is 2. The van der Waals surface area contributed by atoms with E-state index in [2.05, 4.69) is 11.9 Å². The van der Waals surface area contributed by atoms with Crippen molar-refractivity contribution < 1.29 is 19.8 Å². The fourth-order valence-corrected chi connectivity index (χ4v) is 3.75. The van der Waals surface area contributed by atoms with Gasteiger partial charge in [0.1, 0.15) is 5.82 Å². The fourth-order valence-electron chi connectivity index (χ4n) is 3.75. The lowest BCUT2D eigenvalue weighted by Gasteiger charge is -2.12. The van der Waals surface area contributed by atoms with Crippen molar-refractivity contribution in [1.82, 2.24) is 9.55 Å². The molecule has 0 amide bonds. The lowest BCUT2D eigenvalue weighted by atomic mass is 10.0. The molecule has 0 spiro atoms. The Morgan fingerprint density at radius 3 is 2.30 bits per heavy atom. The summed E-state index contributed by atoms with van der Waals surface area (Å²) in [6.07, 6.45) is 9.02. The van der Waals surface area contributed by atoms with Crippen molar-refractivity contribution in [2.75, 3.05) is 0 Å². The van der Waals surface area contributed by atoms with Crippen molar-refractivity contribution in [2.45, 2.75) is 52.0 Å². The van der Waals surface area contributed by atoms with E-state index in [9.17, 15) is 14.7 Å². The van der Waals surface area contributed by atoms with Gasteiger partial charge in [-0.3, -0.25) is 0 Å². The van der Waals surface area contributed by atoms with Crippen LogP contribution in [0, 0.1) is 0 Å². The smallest absolute Gasteiger partial charge is 0.335 e. The Morgan fingerprint density at radius 1 is 0.939 bits per heavy atom. The van der Waals surface area contributed by atoms with Gasteiger partial charge in [-0.25, -0.2) is 14.6 Å². The zero-order chi connectivity index (χ0) is 23.6. The molecule has 1 aromatic heterocycles. The normalized spacial score (nSPS) is 11.5. The topological polar surface area (TPSA) is 92.4 Å². The molecule has 0 unspecified atom stereocenters. The van der Waals surface area contributed by atoms with E-state index >= 15 is 0 Å². The van der Waals surface area contributed by atoms with Gasteiger partial charge >= 0.3 is 11.9 Å². The zero-order valence-corrected chi connectivity index (χ0v) is 18.9. The lowest BCUT2D eigenvalue weighted by molar-refractivity contribution is -0.132. The summed E-state index contributed by atoms with van der Waals surface area (Å²) >= 11 is 0. The van der Waals surface area contributed by atoms with Crippen molar-refractivity contribution in [3.63, 3.8) is 0 Å². The predicted molar refractivity (Wildman–Crippen MR) is 128 cm³/mol. The van der Waals surface area contributed by atoms with E-state index in [1.165, 1.54) is 6.42 Å². The van der Waals surface area contributed by atoms with Gasteiger partial charge in [0.05, 0.1) is 17.5 Å². The lowest BCUT2D eigenvalue weighted by Crippen LogP contribution is -2.09. The summed E-state index contributed by atoms with van der Waals surface area (Å²) < 4.78 is 2.04. The summed E-state index contributed by atoms with van der Waals surface area (Å²) in [5, 5.41) is 19.0. The second kappa shape index (κ2) is 11.8. The number of nitrogens with zero attached hydrogens (tertiary/aromatic N) is 2. The Labute approximate surface area is 194 Å². The number of aryl methyl sites for hydroxylation is 1. The highest BCUT2D eigenvalue weighted by atomic mass is 16.4. The third-order valence-corrected chi connectivity index (χ3v) is 5.60. The number of carboxylic acids is 2. The maximum atomic E-state index is 12.0. The summed E-state index contributed by atoms with van der Waals surface area (Å²) in [7, 11) is 0. The molecule has 2 N–H and O–H groups in total. The van der Waals surface area contributed by atoms with E-state index in [4.69, 9.17) is 5.11 Å². The van der Waals surface area contributed by atoms with Crippen molar-refractivity contribution in [3.05, 3.63) is 94.6 Å². The Bertz CT molecular complexity index is 1100. The molecular formula is C27H30N2O4. The van der Waals surface area contributed by atoms with Crippen LogP contribution in [0.15, 0.2) is 66.4 Å². The number of imidazole rings is 1. The summed E-state index contributed by atoms with van der Waals surface area (Å²) in [6, 6.07) is 16.3. The van der Waals surface area contributed by atoms with Crippen LogP contribution in [0.1, 0.15) is 65.6 Å². The van der Waals surface area contributed by atoms with Gasteiger partial charge in [0.25, 0.3) is 0 Å². The van der Waals surface area contributed by atoms with Crippen LogP contribution in [0.3, 0.4) is 0 Å². The standard InChI is InChI=1S/C27H30N2O4/c1-2-3-4-8-11-25-28-18-24(17-23(27(32)33)16-20-9-6-5-7-10-20)29(25)19-21-12-14-22(15-13-21)26(30)31/h5-7,9-10,12-15,17-18H,2-4,8,11,16,19H2,1H3,(H,30,31)(H,32,33)/b23-17+. The first-order valence-corrected chi connectivity index (χ1v) is 11.3. The first-order chi connectivity index (χ1) is 16.0. The summed E-state index contributed by atoms with van der Waals surface area (Å²) in [4.78, 5) is 27.7. The number of benzene rings is 2. The Hall–Kier alpha value is -3.67. The molecule has 0 saturated carbocycles. The third kappa shape index (κ3) is 6.91. The maximum absolute atomic E-state index is 12.0. The average Bonchev–Trinajstić information content (AvgIpc) is 3.18. The van der Waals surface area contributed by atoms with Gasteiger partial charge in [-0.2, -0.15) is 0 Å². The number of unbranched alkanes of at least 4 members (excludes halogenated alkanes) is 3. The van der Waals surface area contributed by atoms with Crippen LogP contribution in [0.4, 0.5) is 0 Å². The number of hydrogen-bond acceptors (Lipinski definition) is 3. The second-order valence-electron chi connectivity index (χ2n) is 8.14. The minimum atomic E-state index is -0.962. The van der Waals surface area contributed by atoms with Crippen molar-refractivity contribution in [3.8, 4) is 0 Å². The van der Waals surface area contributed by atoms with E-state index in [0.717, 1.165) is 48.3 Å². The van der Waals surface area contributed by atoms with Crippen LogP contribution >= 0.6 is 0 Å². The largest absolute Gasteiger partial charge is 0.478 e. The molecule has 0 fully saturated rings. The van der Waals surface area contributed by atoms with Crippen LogP contribution in [0.5, 0.6) is 0 Å². The first kappa shape index (κ1) is 24.0. The van der Waals surface area contributed by atoms with Crippen LogP contribution in [0.2, 0.25) is 0 Å². The number of carbonyl (C=O) groups is 2. The third-order valence-electron chi connectivity index (χ3n) is 5.60. The number of carboxylic acid groups (broad SMARTS) is 2. The molecule has 3 aromatic rings. The first-order valence-electron chi connectivity index (χ1n) is 11.3. The highest BCUT2D eigenvalue weighted by molar-refractivity contribution is 5.92. The molecule has 0 aliphatic heterocycles. The molecule has 3 rings (SSSR count). The fraction of sp³-hybridized carbons (Fsp3) is 0.296. The van der Waals surface area contributed by atoms with Gasteiger partial charge in [0.2, 0.25) is 0 Å². The quantitative estimate of drug-likeness (QED) is 0.285. The summed E-state index contributed by atoms with van der Waals surface area (Å²) in [5.74, 6) is -1.01. The van der Waals surface area contributed by atoms with E-state index in [0.29, 0.717) is 18.5 Å². The number of aliphatic carboxylic acids is 1. The number of aromatic carboxylic acids is 1. The Kier molecular flexibility index (Phi) is 8.58. The molecule has 2 aromatic carbocycles. The average molecular weight is 447 g/mol. The summed E-state index contributed by atoms with van der Waals surface area (Å²) in [5.41, 5.74) is 3.13. The van der Waals surface area contributed by atoms with Crippen LogP contribution in [-0.4, -0.2) is 31.7 Å². The van der Waals surface area contributed by atoms with E-state index in [1.54, 1.807) is 36.5 Å². The van der Waals surface area contributed by atoms with E-state index < -0.39 is 11.9 Å². The predicted octanol–water partition coefficient (Wildman–Crippen LogP) is 5.46. The molecule has 0 atom stereocenters. The molecule has 0 aliphatic carbocycles. The Morgan fingerprint density at radius 2 is 1.67 bits per heavy atom. The minimum Gasteiger partial charge on any atom is -0.478 e. The molecule has 0 saturated heterocycles. The van der Waals surface area contributed by atoms with Crippen LogP contribution in [0.25, 0.3) is 6.08 Å². The van der Waals surface area contributed by atoms with Gasteiger partial charge < -0.3 is 14.8 Å². The minimum absolute atomic E-state index is 0.236. The molecule has 1 heterocycles. The number of rotatable bonds is 12. The van der Waals surface area contributed by atoms with Crippen molar-refractivity contribution in [1.29, 1.82) is 0 Å². The monoisotopic (exact) mass is 446 g/mol. The Balaban J connectivity index is 1.91. The highest BCUT2D eigenvalue weighted by Gasteiger charge is 2.14. The highest BCUT2D eigenvalue weighted by Crippen LogP contribution is 2.19. The van der Waals surface area contributed by atoms with Gasteiger partial charge in [-0.1, -0.05) is 68.7 Å². The van der Waals surface area contributed by atoms with Gasteiger partial charge in [0, 0.05) is 25.0 Å². The molecule has 33 heavy (non-hydrogen) atoms. The van der Waals surface area contributed by atoms with Crippen LogP contribution in [-0.2, 0) is 24.2 Å². The molecule has 172 valence electrons. The van der Waals surface area contributed by atoms with Gasteiger partial charge in [-0.15, -0.1) is 0 Å². The summed E-state index contributed by atoms with van der Waals surface area (Å²) in [6.45, 7) is 2.66. The van der Waals surface area contributed by atoms with Gasteiger partial charge in [0.15, 0.2) is 0 Å². The maximum Gasteiger partial charge on any atom is 0.335 e. The molecule has 0 radical (unpaired) electrons.